The van der Waals surface area contributed by atoms with Crippen molar-refractivity contribution in [1.82, 2.24) is 9.78 Å². The number of nitrogens with two attached hydrogens (primary N) is 1. The van der Waals surface area contributed by atoms with E-state index in [-0.39, 0.29) is 5.69 Å². The van der Waals surface area contributed by atoms with Gasteiger partial charge in [0.1, 0.15) is 5.69 Å². The zero-order valence-electron chi connectivity index (χ0n) is 8.34. The molecule has 0 aliphatic heterocycles. The van der Waals surface area contributed by atoms with Crippen LogP contribution in [0, 0.1) is 6.92 Å². The summed E-state index contributed by atoms with van der Waals surface area (Å²) in [6, 6.07) is 9.45. The summed E-state index contributed by atoms with van der Waals surface area (Å²) in [6.45, 7) is 2.02. The van der Waals surface area contributed by atoms with Gasteiger partial charge < -0.3 is 5.73 Å². The van der Waals surface area contributed by atoms with Crippen LogP contribution in [0.15, 0.2) is 36.5 Å². The first-order valence-corrected chi connectivity index (χ1v) is 4.59. The summed E-state index contributed by atoms with van der Waals surface area (Å²) < 4.78 is 1.62. The highest BCUT2D eigenvalue weighted by Crippen LogP contribution is 2.08. The van der Waals surface area contributed by atoms with Crippen LogP contribution in [0.25, 0.3) is 5.69 Å². The van der Waals surface area contributed by atoms with E-state index in [4.69, 9.17) is 5.73 Å². The van der Waals surface area contributed by atoms with Crippen molar-refractivity contribution in [2.45, 2.75) is 6.92 Å². The minimum atomic E-state index is -0.513. The van der Waals surface area contributed by atoms with E-state index in [1.54, 1.807) is 16.9 Å². The Morgan fingerprint density at radius 2 is 1.93 bits per heavy atom. The van der Waals surface area contributed by atoms with Gasteiger partial charge in [0.15, 0.2) is 0 Å². The number of nitrogens with zero attached hydrogens (tertiary/aromatic N) is 2. The lowest BCUT2D eigenvalue weighted by Gasteiger charge is -2.00. The molecule has 0 atom stereocenters. The van der Waals surface area contributed by atoms with Gasteiger partial charge in [-0.1, -0.05) is 17.7 Å². The predicted octanol–water partition coefficient (Wildman–Crippen LogP) is 1.28. The monoisotopic (exact) mass is 201 g/mol. The normalized spacial score (nSPS) is 10.2. The molecule has 2 rings (SSSR count). The van der Waals surface area contributed by atoms with Crippen molar-refractivity contribution in [2.24, 2.45) is 5.73 Å². The number of carbonyl (C=O) groups is 1. The maximum Gasteiger partial charge on any atom is 0.269 e. The summed E-state index contributed by atoms with van der Waals surface area (Å²) >= 11 is 0. The fraction of sp³-hybridized carbons (Fsp3) is 0.0909. The predicted molar refractivity (Wildman–Crippen MR) is 56.8 cm³/mol. The number of aryl methyl sites for hydroxylation is 1. The van der Waals surface area contributed by atoms with Crippen LogP contribution in [-0.2, 0) is 0 Å². The SMILES string of the molecule is Cc1ccc(-n2ccc(C(N)=O)n2)cc1. The Morgan fingerprint density at radius 1 is 1.27 bits per heavy atom. The Labute approximate surface area is 87.3 Å². The fourth-order valence-electron chi connectivity index (χ4n) is 1.30. The van der Waals surface area contributed by atoms with E-state index in [9.17, 15) is 4.79 Å². The van der Waals surface area contributed by atoms with Crippen molar-refractivity contribution in [3.8, 4) is 5.69 Å². The number of primary amides is 1. The third-order valence-electron chi connectivity index (χ3n) is 2.14. The van der Waals surface area contributed by atoms with Gasteiger partial charge in [-0.05, 0) is 25.1 Å². The van der Waals surface area contributed by atoms with Crippen molar-refractivity contribution in [2.75, 3.05) is 0 Å². The molecule has 4 nitrogen and oxygen atoms in total. The lowest BCUT2D eigenvalue weighted by molar-refractivity contribution is 0.0995. The number of hydrogen-bond acceptors (Lipinski definition) is 2. The molecule has 0 saturated carbocycles. The van der Waals surface area contributed by atoms with E-state index in [0.29, 0.717) is 0 Å². The van der Waals surface area contributed by atoms with E-state index in [1.807, 2.05) is 31.2 Å². The van der Waals surface area contributed by atoms with Crippen molar-refractivity contribution in [3.63, 3.8) is 0 Å². The largest absolute Gasteiger partial charge is 0.364 e. The van der Waals surface area contributed by atoms with Crippen LogP contribution in [-0.4, -0.2) is 15.7 Å². The summed E-state index contributed by atoms with van der Waals surface area (Å²) in [5.41, 5.74) is 7.48. The second kappa shape index (κ2) is 3.57. The Balaban J connectivity index is 2.37. The van der Waals surface area contributed by atoms with Gasteiger partial charge >= 0.3 is 0 Å². The first-order valence-electron chi connectivity index (χ1n) is 4.59. The van der Waals surface area contributed by atoms with E-state index < -0.39 is 5.91 Å². The molecule has 0 spiro atoms. The van der Waals surface area contributed by atoms with Crippen molar-refractivity contribution >= 4 is 5.91 Å². The molecule has 0 bridgehead atoms. The minimum absolute atomic E-state index is 0.274. The maximum absolute atomic E-state index is 10.8. The summed E-state index contributed by atoms with van der Waals surface area (Å²) in [5.74, 6) is -0.513. The van der Waals surface area contributed by atoms with Gasteiger partial charge in [-0.3, -0.25) is 4.79 Å². The summed E-state index contributed by atoms with van der Waals surface area (Å²) in [4.78, 5) is 10.8. The van der Waals surface area contributed by atoms with Gasteiger partial charge in [-0.2, -0.15) is 5.10 Å². The molecule has 1 aromatic carbocycles. The van der Waals surface area contributed by atoms with Gasteiger partial charge in [0.25, 0.3) is 5.91 Å². The Hall–Kier alpha value is -2.10. The molecule has 0 saturated heterocycles. The van der Waals surface area contributed by atoms with Crippen LogP contribution >= 0.6 is 0 Å². The summed E-state index contributed by atoms with van der Waals surface area (Å²) in [5, 5.41) is 4.05. The molecule has 1 aromatic heterocycles. The lowest BCUT2D eigenvalue weighted by Crippen LogP contribution is -2.12. The van der Waals surface area contributed by atoms with Gasteiger partial charge in [0.05, 0.1) is 5.69 Å². The molecule has 2 aromatic rings. The van der Waals surface area contributed by atoms with Crippen molar-refractivity contribution in [3.05, 3.63) is 47.8 Å². The Morgan fingerprint density at radius 3 is 2.47 bits per heavy atom. The topological polar surface area (TPSA) is 60.9 Å². The molecule has 76 valence electrons. The first kappa shape index (κ1) is 9.45. The molecule has 0 aliphatic rings. The van der Waals surface area contributed by atoms with Gasteiger partial charge in [-0.15, -0.1) is 0 Å². The molecule has 1 heterocycles. The molecule has 0 aliphatic carbocycles. The summed E-state index contributed by atoms with van der Waals surface area (Å²) in [7, 11) is 0. The fourth-order valence-corrected chi connectivity index (χ4v) is 1.30. The number of benzene rings is 1. The second-order valence-corrected chi connectivity index (χ2v) is 3.35. The van der Waals surface area contributed by atoms with Crippen LogP contribution in [0.1, 0.15) is 16.1 Å². The van der Waals surface area contributed by atoms with Crippen LogP contribution in [0.5, 0.6) is 0 Å². The van der Waals surface area contributed by atoms with Crippen LogP contribution < -0.4 is 5.73 Å². The average Bonchev–Trinajstić information content (AvgIpc) is 2.68. The minimum Gasteiger partial charge on any atom is -0.364 e. The van der Waals surface area contributed by atoms with Crippen LogP contribution in [0.2, 0.25) is 0 Å². The van der Waals surface area contributed by atoms with Crippen LogP contribution in [0.4, 0.5) is 0 Å². The summed E-state index contributed by atoms with van der Waals surface area (Å²) in [6.07, 6.45) is 1.71. The Kier molecular flexibility index (Phi) is 2.25. The zero-order chi connectivity index (χ0) is 10.8. The number of hydrogen-bond donors (Lipinski definition) is 1. The number of amides is 1. The number of carbonyl (C=O) groups excluding carboxylic acids is 1. The van der Waals surface area contributed by atoms with Crippen molar-refractivity contribution < 1.29 is 4.79 Å². The van der Waals surface area contributed by atoms with E-state index >= 15 is 0 Å². The standard InChI is InChI=1S/C11H11N3O/c1-8-2-4-9(5-3-8)14-7-6-10(13-14)11(12)15/h2-7H,1H3,(H2,12,15). The first-order chi connectivity index (χ1) is 7.16. The molecule has 0 radical (unpaired) electrons. The molecule has 0 unspecified atom stereocenters. The zero-order valence-corrected chi connectivity index (χ0v) is 8.34. The quantitative estimate of drug-likeness (QED) is 0.795. The molecular formula is C11H11N3O. The second-order valence-electron chi connectivity index (χ2n) is 3.35. The third-order valence-corrected chi connectivity index (χ3v) is 2.14. The molecular weight excluding hydrogens is 190 g/mol. The van der Waals surface area contributed by atoms with E-state index in [2.05, 4.69) is 5.10 Å². The third kappa shape index (κ3) is 1.88. The molecule has 0 fully saturated rings. The van der Waals surface area contributed by atoms with Gasteiger partial charge in [-0.25, -0.2) is 4.68 Å². The maximum atomic E-state index is 10.8. The molecule has 2 N–H and O–H groups in total. The average molecular weight is 201 g/mol. The highest BCUT2D eigenvalue weighted by molar-refractivity contribution is 5.90. The number of aromatic nitrogens is 2. The Bertz CT molecular complexity index is 485. The highest BCUT2D eigenvalue weighted by atomic mass is 16.1. The van der Waals surface area contributed by atoms with Crippen LogP contribution in [0.3, 0.4) is 0 Å². The van der Waals surface area contributed by atoms with E-state index in [1.165, 1.54) is 5.56 Å². The molecule has 4 heteroatoms. The lowest BCUT2D eigenvalue weighted by atomic mass is 10.2. The van der Waals surface area contributed by atoms with Crippen molar-refractivity contribution in [1.29, 1.82) is 0 Å². The van der Waals surface area contributed by atoms with Gasteiger partial charge in [0, 0.05) is 6.20 Å². The highest BCUT2D eigenvalue weighted by Gasteiger charge is 2.05. The van der Waals surface area contributed by atoms with E-state index in [0.717, 1.165) is 5.69 Å². The van der Waals surface area contributed by atoms with Gasteiger partial charge in [0.2, 0.25) is 0 Å². The number of rotatable bonds is 2. The smallest absolute Gasteiger partial charge is 0.269 e. The molecule has 1 amide bonds. The molecule has 15 heavy (non-hydrogen) atoms.